The standard InChI is InChI=1S/C32H44N6O7/c1-24(2)22-37-23-34-30-31(37)25-6-3-4-7-26(25)35-32(30)36-27(39)10-14-42-16-18-44-20-21-45-19-17-43-15-12-33-11-5-13-38-28(40)8-9-29(38)41/h3-4,6-9,23-24,33H,5,10-22H2,1-2H3,(H,35,36,39). The lowest BCUT2D eigenvalue weighted by Crippen LogP contribution is -2.33. The number of aromatic nitrogens is 3. The summed E-state index contributed by atoms with van der Waals surface area (Å²) < 4.78 is 24.2. The van der Waals surface area contributed by atoms with Gasteiger partial charge in [-0.1, -0.05) is 32.0 Å². The van der Waals surface area contributed by atoms with Gasteiger partial charge in [0.05, 0.1) is 76.6 Å². The number of carbonyl (C=O) groups excluding carboxylic acids is 3. The SMILES string of the molecule is CC(C)Cn1cnc2c(NC(=O)CCOCCOCCOCCOCCNCCCN3C(=O)C=CC3=O)nc3ccccc3c21. The predicted molar refractivity (Wildman–Crippen MR) is 170 cm³/mol. The Morgan fingerprint density at radius 1 is 0.867 bits per heavy atom. The zero-order valence-electron chi connectivity index (χ0n) is 26.2. The molecule has 0 saturated carbocycles. The summed E-state index contributed by atoms with van der Waals surface area (Å²) in [4.78, 5) is 46.1. The van der Waals surface area contributed by atoms with Gasteiger partial charge in [0.2, 0.25) is 5.91 Å². The lowest BCUT2D eigenvalue weighted by atomic mass is 10.1. The van der Waals surface area contributed by atoms with Crippen molar-refractivity contribution in [2.45, 2.75) is 33.2 Å². The summed E-state index contributed by atoms with van der Waals surface area (Å²) in [6.07, 6.45) is 5.29. The summed E-state index contributed by atoms with van der Waals surface area (Å²) in [7, 11) is 0. The van der Waals surface area contributed by atoms with Crippen LogP contribution in [0.2, 0.25) is 0 Å². The number of carbonyl (C=O) groups is 3. The molecule has 4 rings (SSSR count). The molecule has 0 bridgehead atoms. The van der Waals surface area contributed by atoms with Gasteiger partial charge in [0, 0.05) is 37.2 Å². The molecule has 45 heavy (non-hydrogen) atoms. The Hall–Kier alpha value is -3.75. The first-order chi connectivity index (χ1) is 21.9. The number of imide groups is 1. The van der Waals surface area contributed by atoms with Crippen LogP contribution in [0.1, 0.15) is 26.7 Å². The Morgan fingerprint density at radius 3 is 2.20 bits per heavy atom. The van der Waals surface area contributed by atoms with Gasteiger partial charge in [0.1, 0.15) is 5.52 Å². The molecule has 1 aliphatic rings. The quantitative estimate of drug-likeness (QED) is 0.126. The van der Waals surface area contributed by atoms with Crippen molar-refractivity contribution in [2.24, 2.45) is 5.92 Å². The highest BCUT2D eigenvalue weighted by atomic mass is 16.6. The number of para-hydroxylation sites is 1. The van der Waals surface area contributed by atoms with Crippen LogP contribution in [-0.4, -0.2) is 110 Å². The van der Waals surface area contributed by atoms with Gasteiger partial charge in [-0.25, -0.2) is 9.97 Å². The zero-order chi connectivity index (χ0) is 31.9. The van der Waals surface area contributed by atoms with Gasteiger partial charge in [-0.15, -0.1) is 0 Å². The van der Waals surface area contributed by atoms with Crippen LogP contribution in [0.25, 0.3) is 21.9 Å². The van der Waals surface area contributed by atoms with Gasteiger partial charge in [-0.2, -0.15) is 0 Å². The Kier molecular flexibility index (Phi) is 13.9. The number of hydrogen-bond donors (Lipinski definition) is 2. The molecule has 0 spiro atoms. The van der Waals surface area contributed by atoms with Crippen molar-refractivity contribution >= 4 is 45.5 Å². The van der Waals surface area contributed by atoms with Crippen molar-refractivity contribution < 1.29 is 33.3 Å². The fourth-order valence-electron chi connectivity index (χ4n) is 4.81. The summed E-state index contributed by atoms with van der Waals surface area (Å²) in [5.74, 6) is 0.231. The van der Waals surface area contributed by atoms with Crippen LogP contribution in [-0.2, 0) is 39.9 Å². The second-order valence-corrected chi connectivity index (χ2v) is 11.0. The van der Waals surface area contributed by atoms with Gasteiger partial charge in [0.15, 0.2) is 5.82 Å². The molecule has 1 aromatic carbocycles. The van der Waals surface area contributed by atoms with Crippen molar-refractivity contribution in [3.05, 3.63) is 42.7 Å². The molecule has 2 N–H and O–H groups in total. The van der Waals surface area contributed by atoms with E-state index < -0.39 is 0 Å². The molecule has 244 valence electrons. The molecule has 0 unspecified atom stereocenters. The Morgan fingerprint density at radius 2 is 1.51 bits per heavy atom. The number of fused-ring (bicyclic) bond motifs is 3. The normalized spacial score (nSPS) is 13.3. The fourth-order valence-corrected chi connectivity index (χ4v) is 4.81. The minimum Gasteiger partial charge on any atom is -0.379 e. The first-order valence-corrected chi connectivity index (χ1v) is 15.5. The topological polar surface area (TPSA) is 146 Å². The van der Waals surface area contributed by atoms with Crippen molar-refractivity contribution in [1.82, 2.24) is 24.8 Å². The maximum absolute atomic E-state index is 12.7. The first-order valence-electron chi connectivity index (χ1n) is 15.5. The van der Waals surface area contributed by atoms with Crippen molar-refractivity contribution in [1.29, 1.82) is 0 Å². The van der Waals surface area contributed by atoms with Crippen molar-refractivity contribution in [3.63, 3.8) is 0 Å². The molecule has 13 heteroatoms. The Bertz CT molecular complexity index is 1420. The van der Waals surface area contributed by atoms with Crippen LogP contribution in [0.4, 0.5) is 5.82 Å². The van der Waals surface area contributed by atoms with Crippen molar-refractivity contribution in [3.8, 4) is 0 Å². The molecule has 0 saturated heterocycles. The van der Waals surface area contributed by atoms with Gasteiger partial charge < -0.3 is 34.1 Å². The van der Waals surface area contributed by atoms with Crippen molar-refractivity contribution in [2.75, 3.05) is 77.8 Å². The van der Waals surface area contributed by atoms with Gasteiger partial charge in [-0.3, -0.25) is 19.3 Å². The molecular formula is C32H44N6O7. The monoisotopic (exact) mass is 624 g/mol. The summed E-state index contributed by atoms with van der Waals surface area (Å²) in [5.41, 5.74) is 2.46. The largest absolute Gasteiger partial charge is 0.379 e. The maximum Gasteiger partial charge on any atom is 0.253 e. The molecule has 2 aromatic heterocycles. The third kappa shape index (κ3) is 10.7. The van der Waals surface area contributed by atoms with Crippen LogP contribution < -0.4 is 10.6 Å². The molecule has 0 aliphatic carbocycles. The summed E-state index contributed by atoms with van der Waals surface area (Å²) >= 11 is 0. The van der Waals surface area contributed by atoms with E-state index in [0.717, 1.165) is 23.0 Å². The molecule has 3 amide bonds. The van der Waals surface area contributed by atoms with E-state index in [1.165, 1.54) is 17.1 Å². The number of nitrogens with one attached hydrogen (secondary N) is 2. The number of imidazole rings is 1. The fraction of sp³-hybridized carbons (Fsp3) is 0.531. The molecule has 13 nitrogen and oxygen atoms in total. The van der Waals surface area contributed by atoms with Crippen LogP contribution >= 0.6 is 0 Å². The molecule has 0 fully saturated rings. The van der Waals surface area contributed by atoms with Gasteiger partial charge in [0.25, 0.3) is 11.8 Å². The minimum atomic E-state index is -0.248. The van der Waals surface area contributed by atoms with E-state index in [4.69, 9.17) is 18.9 Å². The van der Waals surface area contributed by atoms with E-state index in [2.05, 4.69) is 39.0 Å². The highest BCUT2D eigenvalue weighted by Gasteiger charge is 2.22. The second-order valence-electron chi connectivity index (χ2n) is 11.0. The number of hydrogen-bond acceptors (Lipinski definition) is 10. The third-order valence-corrected chi connectivity index (χ3v) is 6.92. The van der Waals surface area contributed by atoms with Crippen LogP contribution in [0.5, 0.6) is 0 Å². The number of rotatable bonds is 22. The van der Waals surface area contributed by atoms with Crippen LogP contribution in [0.3, 0.4) is 0 Å². The molecule has 1 aliphatic heterocycles. The lowest BCUT2D eigenvalue weighted by molar-refractivity contribution is -0.136. The second kappa shape index (κ2) is 18.3. The van der Waals surface area contributed by atoms with E-state index in [0.29, 0.717) is 89.6 Å². The average Bonchev–Trinajstić information content (AvgIpc) is 3.58. The number of amides is 3. The predicted octanol–water partition coefficient (Wildman–Crippen LogP) is 2.54. The van der Waals surface area contributed by atoms with Crippen LogP contribution in [0.15, 0.2) is 42.7 Å². The summed E-state index contributed by atoms with van der Waals surface area (Å²) in [6.45, 7) is 10.4. The Balaban J connectivity index is 0.980. The van der Waals surface area contributed by atoms with Crippen LogP contribution in [0, 0.1) is 5.92 Å². The van der Waals surface area contributed by atoms with Gasteiger partial charge >= 0.3 is 0 Å². The number of benzene rings is 1. The first kappa shape index (κ1) is 34.1. The summed E-state index contributed by atoms with van der Waals surface area (Å²) in [6, 6.07) is 7.89. The van der Waals surface area contributed by atoms with E-state index in [1.54, 1.807) is 0 Å². The Labute approximate surface area is 263 Å². The number of pyridine rings is 1. The smallest absolute Gasteiger partial charge is 0.253 e. The number of anilines is 1. The average molecular weight is 625 g/mol. The molecule has 3 heterocycles. The molecule has 3 aromatic rings. The van der Waals surface area contributed by atoms with E-state index >= 15 is 0 Å². The van der Waals surface area contributed by atoms with E-state index in [9.17, 15) is 14.4 Å². The van der Waals surface area contributed by atoms with E-state index in [1.807, 2.05) is 30.6 Å². The zero-order valence-corrected chi connectivity index (χ0v) is 26.2. The van der Waals surface area contributed by atoms with E-state index in [-0.39, 0.29) is 30.7 Å². The number of ether oxygens (including phenoxy) is 4. The van der Waals surface area contributed by atoms with Gasteiger partial charge in [-0.05, 0) is 24.9 Å². The molecular weight excluding hydrogens is 580 g/mol. The third-order valence-electron chi connectivity index (χ3n) is 6.92. The highest BCUT2D eigenvalue weighted by Crippen LogP contribution is 2.29. The lowest BCUT2D eigenvalue weighted by Gasteiger charge is -2.13. The molecule has 0 atom stereocenters. The maximum atomic E-state index is 12.7. The minimum absolute atomic E-state index is 0.185. The number of nitrogens with zero attached hydrogens (tertiary/aromatic N) is 4. The summed E-state index contributed by atoms with van der Waals surface area (Å²) in [5, 5.41) is 7.15. The highest BCUT2D eigenvalue weighted by molar-refractivity contribution is 6.13. The molecule has 0 radical (unpaired) electrons.